The van der Waals surface area contributed by atoms with E-state index in [1.54, 1.807) is 12.1 Å². The number of hydrogen-bond donors (Lipinski definition) is 0. The Morgan fingerprint density at radius 1 is 1.18 bits per heavy atom. The summed E-state index contributed by atoms with van der Waals surface area (Å²) in [6.45, 7) is 1.41. The van der Waals surface area contributed by atoms with Crippen LogP contribution in [-0.2, 0) is 15.0 Å². The van der Waals surface area contributed by atoms with Crippen molar-refractivity contribution in [2.24, 2.45) is 0 Å². The Balaban J connectivity index is 2.08. The van der Waals surface area contributed by atoms with Gasteiger partial charge in [-0.05, 0) is 24.3 Å². The zero-order chi connectivity index (χ0) is 12.3. The molecule has 0 radical (unpaired) electrons. The molecule has 1 aromatic rings. The molecule has 0 saturated carbocycles. The SMILES string of the molecule is O=S(=O)(Oc1ccc(Cl)cc1)N1CCOCC1. The molecule has 0 amide bonds. The highest BCUT2D eigenvalue weighted by atomic mass is 35.5. The van der Waals surface area contributed by atoms with Crippen LogP contribution >= 0.6 is 11.6 Å². The van der Waals surface area contributed by atoms with Crippen molar-refractivity contribution in [2.75, 3.05) is 26.3 Å². The highest BCUT2D eigenvalue weighted by molar-refractivity contribution is 7.84. The number of hydrogen-bond acceptors (Lipinski definition) is 4. The number of nitrogens with zero attached hydrogens (tertiary/aromatic N) is 1. The molecule has 1 aliphatic heterocycles. The molecule has 0 atom stereocenters. The highest BCUT2D eigenvalue weighted by Crippen LogP contribution is 2.18. The van der Waals surface area contributed by atoms with Crippen molar-refractivity contribution in [2.45, 2.75) is 0 Å². The van der Waals surface area contributed by atoms with Gasteiger partial charge in [0.15, 0.2) is 0 Å². The van der Waals surface area contributed by atoms with Crippen LogP contribution in [0.1, 0.15) is 0 Å². The van der Waals surface area contributed by atoms with Crippen LogP contribution in [0.15, 0.2) is 24.3 Å². The van der Waals surface area contributed by atoms with Crippen LogP contribution in [-0.4, -0.2) is 39.0 Å². The van der Waals surface area contributed by atoms with Crippen LogP contribution in [0.4, 0.5) is 0 Å². The number of ether oxygens (including phenoxy) is 1. The molecule has 1 aliphatic rings. The molecule has 94 valence electrons. The minimum atomic E-state index is -3.74. The van der Waals surface area contributed by atoms with Gasteiger partial charge in [0.2, 0.25) is 0 Å². The molecular formula is C10H12ClNO4S. The first-order chi connectivity index (χ1) is 8.08. The zero-order valence-corrected chi connectivity index (χ0v) is 10.6. The Morgan fingerprint density at radius 2 is 1.76 bits per heavy atom. The summed E-state index contributed by atoms with van der Waals surface area (Å²) in [5.41, 5.74) is 0. The lowest BCUT2D eigenvalue weighted by Gasteiger charge is -2.25. The summed E-state index contributed by atoms with van der Waals surface area (Å²) >= 11 is 5.70. The van der Waals surface area contributed by atoms with Gasteiger partial charge in [-0.2, -0.15) is 12.7 Å². The Bertz CT molecular complexity index is 468. The second-order valence-electron chi connectivity index (χ2n) is 3.51. The van der Waals surface area contributed by atoms with Gasteiger partial charge in [0.05, 0.1) is 13.2 Å². The lowest BCUT2D eigenvalue weighted by atomic mass is 10.3. The van der Waals surface area contributed by atoms with Gasteiger partial charge in [-0.15, -0.1) is 0 Å². The summed E-state index contributed by atoms with van der Waals surface area (Å²) in [7, 11) is -3.74. The molecule has 0 aromatic heterocycles. The second-order valence-corrected chi connectivity index (χ2v) is 5.48. The molecule has 17 heavy (non-hydrogen) atoms. The average molecular weight is 278 g/mol. The van der Waals surface area contributed by atoms with Crippen LogP contribution < -0.4 is 4.18 Å². The first-order valence-corrected chi connectivity index (χ1v) is 6.85. The summed E-state index contributed by atoms with van der Waals surface area (Å²) in [6.07, 6.45) is 0. The predicted molar refractivity (Wildman–Crippen MR) is 63.4 cm³/mol. The van der Waals surface area contributed by atoms with Gasteiger partial charge in [0.1, 0.15) is 5.75 Å². The van der Waals surface area contributed by atoms with E-state index in [1.165, 1.54) is 16.4 Å². The average Bonchev–Trinajstić information content (AvgIpc) is 2.33. The summed E-state index contributed by atoms with van der Waals surface area (Å²) < 4.78 is 35.0. The maximum absolute atomic E-state index is 11.9. The van der Waals surface area contributed by atoms with Crippen molar-refractivity contribution >= 4 is 21.9 Å². The van der Waals surface area contributed by atoms with Gasteiger partial charge in [-0.25, -0.2) is 0 Å². The van der Waals surface area contributed by atoms with Crippen LogP contribution in [0.25, 0.3) is 0 Å². The van der Waals surface area contributed by atoms with Crippen molar-refractivity contribution in [1.29, 1.82) is 0 Å². The first kappa shape index (κ1) is 12.6. The van der Waals surface area contributed by atoms with Crippen molar-refractivity contribution < 1.29 is 17.3 Å². The molecule has 7 heteroatoms. The Morgan fingerprint density at radius 3 is 2.35 bits per heavy atom. The molecule has 0 spiro atoms. The van der Waals surface area contributed by atoms with Crippen LogP contribution in [0.5, 0.6) is 5.75 Å². The molecule has 1 aromatic carbocycles. The fraction of sp³-hybridized carbons (Fsp3) is 0.400. The molecule has 1 saturated heterocycles. The standard InChI is InChI=1S/C10H12ClNO4S/c11-9-1-3-10(4-2-9)16-17(13,14)12-5-7-15-8-6-12/h1-4H,5-8H2. The van der Waals surface area contributed by atoms with Gasteiger partial charge in [-0.3, -0.25) is 0 Å². The minimum absolute atomic E-state index is 0.251. The number of rotatable bonds is 3. The Hall–Kier alpha value is -0.820. The van der Waals surface area contributed by atoms with Crippen molar-refractivity contribution in [1.82, 2.24) is 4.31 Å². The number of morpholine rings is 1. The maximum atomic E-state index is 11.9. The molecule has 5 nitrogen and oxygen atoms in total. The first-order valence-electron chi connectivity index (χ1n) is 5.11. The van der Waals surface area contributed by atoms with E-state index >= 15 is 0 Å². The molecule has 0 aliphatic carbocycles. The van der Waals surface area contributed by atoms with E-state index < -0.39 is 10.3 Å². The highest BCUT2D eigenvalue weighted by Gasteiger charge is 2.26. The van der Waals surface area contributed by atoms with Crippen molar-refractivity contribution in [3.63, 3.8) is 0 Å². The van der Waals surface area contributed by atoms with Crippen LogP contribution in [0, 0.1) is 0 Å². The van der Waals surface area contributed by atoms with Crippen molar-refractivity contribution in [3.05, 3.63) is 29.3 Å². The summed E-state index contributed by atoms with van der Waals surface area (Å²) in [5.74, 6) is 0.251. The molecule has 1 fully saturated rings. The van der Waals surface area contributed by atoms with Gasteiger partial charge in [0, 0.05) is 18.1 Å². The van der Waals surface area contributed by atoms with E-state index in [-0.39, 0.29) is 5.75 Å². The Kier molecular flexibility index (Phi) is 3.88. The third-order valence-electron chi connectivity index (χ3n) is 2.30. The van der Waals surface area contributed by atoms with Gasteiger partial charge < -0.3 is 8.92 Å². The minimum Gasteiger partial charge on any atom is -0.379 e. The topological polar surface area (TPSA) is 55.8 Å². The van der Waals surface area contributed by atoms with E-state index in [2.05, 4.69) is 0 Å². The summed E-state index contributed by atoms with van der Waals surface area (Å²) in [4.78, 5) is 0. The van der Waals surface area contributed by atoms with Gasteiger partial charge in [0.25, 0.3) is 0 Å². The van der Waals surface area contributed by atoms with Crippen molar-refractivity contribution in [3.8, 4) is 5.75 Å². The Labute approximate surface area is 105 Å². The van der Waals surface area contributed by atoms with E-state index in [4.69, 9.17) is 20.5 Å². The molecule has 2 rings (SSSR count). The van der Waals surface area contributed by atoms with E-state index in [0.29, 0.717) is 31.3 Å². The smallest absolute Gasteiger partial charge is 0.379 e. The van der Waals surface area contributed by atoms with E-state index in [9.17, 15) is 8.42 Å². The third kappa shape index (κ3) is 3.32. The fourth-order valence-electron chi connectivity index (χ4n) is 1.43. The van der Waals surface area contributed by atoms with Gasteiger partial charge >= 0.3 is 10.3 Å². The molecule has 1 heterocycles. The lowest BCUT2D eigenvalue weighted by molar-refractivity contribution is 0.0698. The summed E-state index contributed by atoms with van der Waals surface area (Å²) in [6, 6.07) is 6.18. The van der Waals surface area contributed by atoms with Gasteiger partial charge in [-0.1, -0.05) is 11.6 Å². The molecule has 0 N–H and O–H groups in total. The molecule has 0 unspecified atom stereocenters. The number of benzene rings is 1. The zero-order valence-electron chi connectivity index (χ0n) is 9.00. The van der Waals surface area contributed by atoms with Crippen LogP contribution in [0.3, 0.4) is 0 Å². The molecule has 0 bridgehead atoms. The van der Waals surface area contributed by atoms with Crippen LogP contribution in [0.2, 0.25) is 5.02 Å². The summed E-state index contributed by atoms with van der Waals surface area (Å²) in [5, 5.41) is 0.529. The monoisotopic (exact) mass is 277 g/mol. The van der Waals surface area contributed by atoms with E-state index in [1.807, 2.05) is 0 Å². The maximum Gasteiger partial charge on any atom is 0.385 e. The second kappa shape index (κ2) is 5.22. The normalized spacial score (nSPS) is 17.9. The number of halogens is 1. The largest absolute Gasteiger partial charge is 0.385 e. The lowest BCUT2D eigenvalue weighted by Crippen LogP contribution is -2.42. The third-order valence-corrected chi connectivity index (χ3v) is 3.95. The van der Waals surface area contributed by atoms with E-state index in [0.717, 1.165) is 0 Å². The molecular weight excluding hydrogens is 266 g/mol. The quantitative estimate of drug-likeness (QED) is 0.836. The predicted octanol–water partition coefficient (Wildman–Crippen LogP) is 1.30. The fourth-order valence-corrected chi connectivity index (χ4v) is 2.62.